The van der Waals surface area contributed by atoms with Gasteiger partial charge in [-0.2, -0.15) is 0 Å². The number of nitrogens with two attached hydrogens (primary N) is 1. The van der Waals surface area contributed by atoms with E-state index in [1.165, 1.54) is 11.1 Å². The van der Waals surface area contributed by atoms with Crippen LogP contribution in [-0.2, 0) is 0 Å². The second kappa shape index (κ2) is 4.78. The van der Waals surface area contributed by atoms with Gasteiger partial charge in [0.05, 0.1) is 0 Å². The van der Waals surface area contributed by atoms with Crippen LogP contribution in [0.3, 0.4) is 0 Å². The third-order valence-corrected chi connectivity index (χ3v) is 2.65. The number of halogens is 1. The largest absolute Gasteiger partial charge is 0.271 e. The van der Waals surface area contributed by atoms with E-state index in [1.807, 2.05) is 25.1 Å². The minimum absolute atomic E-state index is 0.187. The Morgan fingerprint density at radius 3 is 2.43 bits per heavy atom. The minimum atomic E-state index is 0.187. The van der Waals surface area contributed by atoms with Gasteiger partial charge in [-0.15, -0.1) is 0 Å². The molecule has 1 aromatic carbocycles. The molecule has 0 aromatic heterocycles. The van der Waals surface area contributed by atoms with Crippen LogP contribution in [0.5, 0.6) is 0 Å². The first-order chi connectivity index (χ1) is 6.56. The van der Waals surface area contributed by atoms with Crippen molar-refractivity contribution in [3.8, 4) is 0 Å². The van der Waals surface area contributed by atoms with Gasteiger partial charge < -0.3 is 0 Å². The molecule has 1 unspecified atom stereocenters. The summed E-state index contributed by atoms with van der Waals surface area (Å²) in [6, 6.07) is 6.08. The van der Waals surface area contributed by atoms with Crippen LogP contribution < -0.4 is 11.3 Å². The number of benzene rings is 1. The Kier molecular flexibility index (Phi) is 3.93. The Labute approximate surface area is 90.4 Å². The highest BCUT2D eigenvalue weighted by atomic mass is 35.5. The van der Waals surface area contributed by atoms with Crippen LogP contribution in [0.1, 0.15) is 31.0 Å². The standard InChI is InChI=1S/C11H17ClN2/c1-7(2)11(14-13)10-5-4-9(12)6-8(10)3/h4-7,11,14H,13H2,1-3H3. The molecule has 0 saturated carbocycles. The fourth-order valence-corrected chi connectivity index (χ4v) is 1.86. The van der Waals surface area contributed by atoms with Crippen molar-refractivity contribution in [2.24, 2.45) is 11.8 Å². The lowest BCUT2D eigenvalue weighted by molar-refractivity contribution is 0.419. The zero-order chi connectivity index (χ0) is 10.7. The fraction of sp³-hybridized carbons (Fsp3) is 0.455. The maximum Gasteiger partial charge on any atom is 0.0485 e. The normalized spacial score (nSPS) is 13.3. The highest BCUT2D eigenvalue weighted by Gasteiger charge is 2.15. The Balaban J connectivity index is 3.04. The molecule has 0 aliphatic rings. The first-order valence-corrected chi connectivity index (χ1v) is 5.16. The second-order valence-corrected chi connectivity index (χ2v) is 4.33. The van der Waals surface area contributed by atoms with Gasteiger partial charge in [-0.25, -0.2) is 0 Å². The van der Waals surface area contributed by atoms with E-state index in [2.05, 4.69) is 19.3 Å². The average molecular weight is 213 g/mol. The maximum absolute atomic E-state index is 5.89. The summed E-state index contributed by atoms with van der Waals surface area (Å²) in [5.41, 5.74) is 5.22. The van der Waals surface area contributed by atoms with Crippen molar-refractivity contribution in [2.45, 2.75) is 26.8 Å². The molecule has 0 aliphatic carbocycles. The molecule has 0 fully saturated rings. The van der Waals surface area contributed by atoms with Gasteiger partial charge in [0.15, 0.2) is 0 Å². The summed E-state index contributed by atoms with van der Waals surface area (Å²) < 4.78 is 0. The number of hydrogen-bond acceptors (Lipinski definition) is 2. The molecule has 3 heteroatoms. The molecule has 2 nitrogen and oxygen atoms in total. The molecule has 1 atom stereocenters. The SMILES string of the molecule is Cc1cc(Cl)ccc1C(NN)C(C)C. The van der Waals surface area contributed by atoms with E-state index in [-0.39, 0.29) is 6.04 Å². The van der Waals surface area contributed by atoms with Crippen molar-refractivity contribution >= 4 is 11.6 Å². The van der Waals surface area contributed by atoms with E-state index >= 15 is 0 Å². The number of nitrogens with one attached hydrogen (secondary N) is 1. The molecule has 0 saturated heterocycles. The van der Waals surface area contributed by atoms with Crippen LogP contribution in [0, 0.1) is 12.8 Å². The van der Waals surface area contributed by atoms with Gasteiger partial charge in [0.1, 0.15) is 0 Å². The first kappa shape index (κ1) is 11.5. The van der Waals surface area contributed by atoms with E-state index in [4.69, 9.17) is 17.4 Å². The summed E-state index contributed by atoms with van der Waals surface area (Å²) in [7, 11) is 0. The lowest BCUT2D eigenvalue weighted by Crippen LogP contribution is -2.32. The quantitative estimate of drug-likeness (QED) is 0.598. The van der Waals surface area contributed by atoms with Gasteiger partial charge in [-0.3, -0.25) is 11.3 Å². The van der Waals surface area contributed by atoms with Crippen molar-refractivity contribution in [1.82, 2.24) is 5.43 Å². The van der Waals surface area contributed by atoms with Gasteiger partial charge in [0, 0.05) is 11.1 Å². The van der Waals surface area contributed by atoms with E-state index in [0.29, 0.717) is 5.92 Å². The molecular weight excluding hydrogens is 196 g/mol. The molecule has 3 N–H and O–H groups in total. The van der Waals surface area contributed by atoms with Crippen LogP contribution in [0.2, 0.25) is 5.02 Å². The van der Waals surface area contributed by atoms with Crippen LogP contribution in [0.25, 0.3) is 0 Å². The topological polar surface area (TPSA) is 38.0 Å². The Hall–Kier alpha value is -0.570. The third kappa shape index (κ3) is 2.47. The molecule has 0 amide bonds. The van der Waals surface area contributed by atoms with Crippen LogP contribution in [-0.4, -0.2) is 0 Å². The molecule has 0 heterocycles. The predicted molar refractivity (Wildman–Crippen MR) is 61.1 cm³/mol. The average Bonchev–Trinajstić information content (AvgIpc) is 2.09. The van der Waals surface area contributed by atoms with Gasteiger partial charge in [-0.1, -0.05) is 31.5 Å². The first-order valence-electron chi connectivity index (χ1n) is 4.78. The van der Waals surface area contributed by atoms with Crippen molar-refractivity contribution < 1.29 is 0 Å². The molecule has 78 valence electrons. The number of aryl methyl sites for hydroxylation is 1. The molecule has 14 heavy (non-hydrogen) atoms. The van der Waals surface area contributed by atoms with E-state index in [1.54, 1.807) is 0 Å². The van der Waals surface area contributed by atoms with Gasteiger partial charge in [0.2, 0.25) is 0 Å². The van der Waals surface area contributed by atoms with E-state index in [0.717, 1.165) is 5.02 Å². The Bertz CT molecular complexity index is 310. The third-order valence-electron chi connectivity index (χ3n) is 2.41. The maximum atomic E-state index is 5.89. The fourth-order valence-electron chi connectivity index (χ4n) is 1.63. The summed E-state index contributed by atoms with van der Waals surface area (Å²) in [6.07, 6.45) is 0. The zero-order valence-electron chi connectivity index (χ0n) is 8.84. The highest BCUT2D eigenvalue weighted by molar-refractivity contribution is 6.30. The Morgan fingerprint density at radius 1 is 1.36 bits per heavy atom. The zero-order valence-corrected chi connectivity index (χ0v) is 9.60. The molecular formula is C11H17ClN2. The van der Waals surface area contributed by atoms with Crippen molar-refractivity contribution in [1.29, 1.82) is 0 Å². The lowest BCUT2D eigenvalue weighted by atomic mass is 9.93. The molecule has 0 bridgehead atoms. The summed E-state index contributed by atoms with van der Waals surface area (Å²) in [5, 5.41) is 0.769. The monoisotopic (exact) mass is 212 g/mol. The van der Waals surface area contributed by atoms with E-state index < -0.39 is 0 Å². The number of hydrazine groups is 1. The van der Waals surface area contributed by atoms with Crippen LogP contribution >= 0.6 is 11.6 Å². The summed E-state index contributed by atoms with van der Waals surface area (Å²) >= 11 is 5.89. The van der Waals surface area contributed by atoms with E-state index in [9.17, 15) is 0 Å². The van der Waals surface area contributed by atoms with Crippen molar-refractivity contribution in [3.05, 3.63) is 34.3 Å². The molecule has 1 rings (SSSR count). The second-order valence-electron chi connectivity index (χ2n) is 3.89. The predicted octanol–water partition coefficient (Wildman–Crippen LogP) is 2.81. The van der Waals surface area contributed by atoms with Gasteiger partial charge >= 0.3 is 0 Å². The summed E-state index contributed by atoms with van der Waals surface area (Å²) in [6.45, 7) is 6.32. The molecule has 0 spiro atoms. The van der Waals surface area contributed by atoms with Crippen LogP contribution in [0.15, 0.2) is 18.2 Å². The van der Waals surface area contributed by atoms with Crippen molar-refractivity contribution in [3.63, 3.8) is 0 Å². The van der Waals surface area contributed by atoms with Crippen molar-refractivity contribution in [2.75, 3.05) is 0 Å². The summed E-state index contributed by atoms with van der Waals surface area (Å²) in [4.78, 5) is 0. The molecule has 1 aromatic rings. The minimum Gasteiger partial charge on any atom is -0.271 e. The molecule has 0 aliphatic heterocycles. The lowest BCUT2D eigenvalue weighted by Gasteiger charge is -2.22. The Morgan fingerprint density at radius 2 is 2.00 bits per heavy atom. The smallest absolute Gasteiger partial charge is 0.0485 e. The summed E-state index contributed by atoms with van der Waals surface area (Å²) in [5.74, 6) is 5.99. The van der Waals surface area contributed by atoms with Gasteiger partial charge in [-0.05, 0) is 36.1 Å². The van der Waals surface area contributed by atoms with Gasteiger partial charge in [0.25, 0.3) is 0 Å². The highest BCUT2D eigenvalue weighted by Crippen LogP contribution is 2.25. The number of rotatable bonds is 3. The number of hydrogen-bond donors (Lipinski definition) is 2. The van der Waals surface area contributed by atoms with Crippen LogP contribution in [0.4, 0.5) is 0 Å². The molecule has 0 radical (unpaired) electrons.